The third kappa shape index (κ3) is 2.56. The van der Waals surface area contributed by atoms with Gasteiger partial charge in [0.2, 0.25) is 0 Å². The summed E-state index contributed by atoms with van der Waals surface area (Å²) in [4.78, 5) is 11.1. The minimum atomic E-state index is 0.280. The number of anilines is 2. The average Bonchev–Trinajstić information content (AvgIpc) is 2.92. The molecule has 1 aliphatic rings. The molecule has 20 heavy (non-hydrogen) atoms. The highest BCUT2D eigenvalue weighted by Crippen LogP contribution is 2.24. The maximum Gasteiger partial charge on any atom is 0.180 e. The summed E-state index contributed by atoms with van der Waals surface area (Å²) in [6, 6.07) is 0. The fourth-order valence-electron chi connectivity index (χ4n) is 2.70. The van der Waals surface area contributed by atoms with Gasteiger partial charge in [-0.15, -0.1) is 0 Å². The predicted molar refractivity (Wildman–Crippen MR) is 78.9 cm³/mol. The number of ether oxygens (including phenoxy) is 1. The Bertz CT molecular complexity index is 582. The number of nitrogens with zero attached hydrogens (tertiary/aromatic N) is 4. The van der Waals surface area contributed by atoms with Crippen LogP contribution in [0.3, 0.4) is 0 Å². The second-order valence-electron chi connectivity index (χ2n) is 5.23. The van der Waals surface area contributed by atoms with Crippen LogP contribution in [0.25, 0.3) is 5.65 Å². The van der Waals surface area contributed by atoms with Crippen molar-refractivity contribution in [3.63, 3.8) is 0 Å². The number of fused-ring (bicyclic) bond motifs is 1. The first kappa shape index (κ1) is 13.2. The first-order valence-corrected chi connectivity index (χ1v) is 7.23. The van der Waals surface area contributed by atoms with Crippen LogP contribution in [-0.2, 0) is 4.74 Å². The molecule has 0 spiro atoms. The largest absolute Gasteiger partial charge is 0.382 e. The first-order chi connectivity index (χ1) is 9.78. The molecular formula is C14H21N5O. The van der Waals surface area contributed by atoms with Crippen LogP contribution in [-0.4, -0.2) is 40.2 Å². The van der Waals surface area contributed by atoms with E-state index in [1.54, 1.807) is 12.4 Å². The van der Waals surface area contributed by atoms with Crippen molar-refractivity contribution in [3.05, 3.63) is 18.6 Å². The van der Waals surface area contributed by atoms with Gasteiger partial charge in [0.1, 0.15) is 5.82 Å². The number of aromatic nitrogens is 3. The quantitative estimate of drug-likeness (QED) is 0.920. The first-order valence-electron chi connectivity index (χ1n) is 7.23. The van der Waals surface area contributed by atoms with Gasteiger partial charge in [0.05, 0.1) is 12.3 Å². The number of nitrogen functional groups attached to an aromatic ring is 1. The molecule has 0 aromatic carbocycles. The van der Waals surface area contributed by atoms with Crippen LogP contribution in [0, 0.1) is 0 Å². The molecule has 0 radical (unpaired) electrons. The van der Waals surface area contributed by atoms with Crippen molar-refractivity contribution in [2.45, 2.75) is 32.3 Å². The SMILES string of the molecule is CCCOC1CCCN(c2nc(N)cn3ccnc23)C1. The van der Waals surface area contributed by atoms with Crippen LogP contribution in [0.5, 0.6) is 0 Å². The summed E-state index contributed by atoms with van der Waals surface area (Å²) in [6.07, 6.45) is 9.02. The smallest absolute Gasteiger partial charge is 0.180 e. The molecular weight excluding hydrogens is 254 g/mol. The van der Waals surface area contributed by atoms with Crippen molar-refractivity contribution < 1.29 is 4.74 Å². The normalized spacial score (nSPS) is 19.6. The average molecular weight is 275 g/mol. The molecule has 0 bridgehead atoms. The summed E-state index contributed by atoms with van der Waals surface area (Å²) in [5, 5.41) is 0. The van der Waals surface area contributed by atoms with E-state index in [0.717, 1.165) is 50.4 Å². The molecule has 6 heteroatoms. The molecule has 1 aliphatic heterocycles. The van der Waals surface area contributed by atoms with Crippen LogP contribution < -0.4 is 10.6 Å². The molecule has 1 saturated heterocycles. The van der Waals surface area contributed by atoms with Gasteiger partial charge in [0.25, 0.3) is 0 Å². The summed E-state index contributed by atoms with van der Waals surface area (Å²) in [7, 11) is 0. The van der Waals surface area contributed by atoms with Crippen molar-refractivity contribution in [1.29, 1.82) is 0 Å². The minimum absolute atomic E-state index is 0.280. The zero-order valence-corrected chi connectivity index (χ0v) is 11.8. The Morgan fingerprint density at radius 2 is 2.40 bits per heavy atom. The third-order valence-corrected chi connectivity index (χ3v) is 3.61. The number of hydrogen-bond donors (Lipinski definition) is 1. The summed E-state index contributed by atoms with van der Waals surface area (Å²) in [5.41, 5.74) is 6.74. The fraction of sp³-hybridized carbons (Fsp3) is 0.571. The molecule has 1 fully saturated rings. The van der Waals surface area contributed by atoms with Gasteiger partial charge in [-0.3, -0.25) is 0 Å². The van der Waals surface area contributed by atoms with Crippen LogP contribution in [0.15, 0.2) is 18.6 Å². The summed E-state index contributed by atoms with van der Waals surface area (Å²) < 4.78 is 7.80. The van der Waals surface area contributed by atoms with Gasteiger partial charge >= 0.3 is 0 Å². The molecule has 2 aromatic rings. The number of imidazole rings is 1. The molecule has 1 unspecified atom stereocenters. The molecule has 3 heterocycles. The van der Waals surface area contributed by atoms with E-state index in [4.69, 9.17) is 10.5 Å². The molecule has 108 valence electrons. The number of piperidine rings is 1. The van der Waals surface area contributed by atoms with Crippen molar-refractivity contribution in [2.75, 3.05) is 30.3 Å². The summed E-state index contributed by atoms with van der Waals surface area (Å²) in [5.74, 6) is 1.38. The van der Waals surface area contributed by atoms with E-state index >= 15 is 0 Å². The zero-order chi connectivity index (χ0) is 13.9. The molecule has 6 nitrogen and oxygen atoms in total. The molecule has 3 rings (SSSR count). The lowest BCUT2D eigenvalue weighted by atomic mass is 10.1. The van der Waals surface area contributed by atoms with E-state index in [-0.39, 0.29) is 6.10 Å². The van der Waals surface area contributed by atoms with Crippen molar-refractivity contribution in [2.24, 2.45) is 0 Å². The second-order valence-corrected chi connectivity index (χ2v) is 5.23. The van der Waals surface area contributed by atoms with E-state index in [1.807, 2.05) is 10.6 Å². The molecule has 1 atom stereocenters. The molecule has 0 amide bonds. The zero-order valence-electron chi connectivity index (χ0n) is 11.8. The highest BCUT2D eigenvalue weighted by molar-refractivity contribution is 5.66. The topological polar surface area (TPSA) is 68.7 Å². The van der Waals surface area contributed by atoms with Gasteiger partial charge in [-0.1, -0.05) is 6.92 Å². The lowest BCUT2D eigenvalue weighted by Crippen LogP contribution is -2.40. The highest BCUT2D eigenvalue weighted by atomic mass is 16.5. The van der Waals surface area contributed by atoms with E-state index in [1.165, 1.54) is 0 Å². The van der Waals surface area contributed by atoms with Crippen LogP contribution in [0.1, 0.15) is 26.2 Å². The predicted octanol–water partition coefficient (Wildman–Crippen LogP) is 1.71. The standard InChI is InChI=1S/C14H21N5O/c1-2-8-20-11-4-3-6-18(9-11)14-13-16-5-7-19(13)10-12(15)17-14/h5,7,10-11H,2-4,6,8-9,15H2,1H3. The molecule has 2 N–H and O–H groups in total. The maximum atomic E-state index is 5.89. The number of hydrogen-bond acceptors (Lipinski definition) is 5. The molecule has 0 saturated carbocycles. The number of nitrogens with two attached hydrogens (primary N) is 1. The Kier molecular flexibility index (Phi) is 3.73. The summed E-state index contributed by atoms with van der Waals surface area (Å²) in [6.45, 7) is 4.79. The van der Waals surface area contributed by atoms with Gasteiger partial charge in [-0.2, -0.15) is 0 Å². The van der Waals surface area contributed by atoms with Gasteiger partial charge in [0.15, 0.2) is 11.5 Å². The second kappa shape index (κ2) is 5.66. The van der Waals surface area contributed by atoms with E-state index in [2.05, 4.69) is 21.8 Å². The lowest BCUT2D eigenvalue weighted by Gasteiger charge is -2.33. The van der Waals surface area contributed by atoms with Crippen LogP contribution >= 0.6 is 0 Å². The number of rotatable bonds is 4. The Morgan fingerprint density at radius 3 is 3.25 bits per heavy atom. The van der Waals surface area contributed by atoms with Crippen LogP contribution in [0.4, 0.5) is 11.6 Å². The van der Waals surface area contributed by atoms with Crippen LogP contribution in [0.2, 0.25) is 0 Å². The Balaban J connectivity index is 1.84. The fourth-order valence-corrected chi connectivity index (χ4v) is 2.70. The van der Waals surface area contributed by atoms with Gasteiger partial charge in [-0.05, 0) is 19.3 Å². The third-order valence-electron chi connectivity index (χ3n) is 3.61. The monoisotopic (exact) mass is 275 g/mol. The van der Waals surface area contributed by atoms with E-state index in [9.17, 15) is 0 Å². The van der Waals surface area contributed by atoms with Crippen molar-refractivity contribution in [1.82, 2.24) is 14.4 Å². The molecule has 0 aliphatic carbocycles. The van der Waals surface area contributed by atoms with Gasteiger partial charge in [0, 0.05) is 32.1 Å². The Morgan fingerprint density at radius 1 is 1.50 bits per heavy atom. The van der Waals surface area contributed by atoms with Gasteiger partial charge in [-0.25, -0.2) is 9.97 Å². The maximum absolute atomic E-state index is 5.89. The molecule has 2 aromatic heterocycles. The van der Waals surface area contributed by atoms with Gasteiger partial charge < -0.3 is 19.8 Å². The van der Waals surface area contributed by atoms with Crippen molar-refractivity contribution >= 4 is 17.3 Å². The minimum Gasteiger partial charge on any atom is -0.382 e. The van der Waals surface area contributed by atoms with Crippen molar-refractivity contribution in [3.8, 4) is 0 Å². The lowest BCUT2D eigenvalue weighted by molar-refractivity contribution is 0.0439. The Hall–Kier alpha value is -1.82. The van der Waals surface area contributed by atoms with E-state index < -0.39 is 0 Å². The Labute approximate surface area is 118 Å². The van der Waals surface area contributed by atoms with E-state index in [0.29, 0.717) is 5.82 Å². The highest BCUT2D eigenvalue weighted by Gasteiger charge is 2.23. The summed E-state index contributed by atoms with van der Waals surface area (Å²) >= 11 is 0.